The van der Waals surface area contributed by atoms with E-state index in [1.807, 2.05) is 25.2 Å². The summed E-state index contributed by atoms with van der Waals surface area (Å²) in [6, 6.07) is -0.947. The molecule has 186 valence electrons. The van der Waals surface area contributed by atoms with Crippen molar-refractivity contribution in [3.8, 4) is 0 Å². The molecular weight excluding hydrogens is 442 g/mol. The lowest BCUT2D eigenvalue weighted by atomic mass is 9.73. The number of β-amino-alcohol motifs (C(OH)–C–C–N with tert-alkyl or cyclic N) is 1. The highest BCUT2D eigenvalue weighted by Crippen LogP contribution is 2.58. The Kier molecular flexibility index (Phi) is 6.26. The summed E-state index contributed by atoms with van der Waals surface area (Å²) in [5.41, 5.74) is -2.32. The van der Waals surface area contributed by atoms with Crippen LogP contribution in [0.2, 0.25) is 0 Å². The van der Waals surface area contributed by atoms with Crippen LogP contribution in [0.25, 0.3) is 0 Å². The highest BCUT2D eigenvalue weighted by atomic mass is 16.6. The Morgan fingerprint density at radius 1 is 1.03 bits per heavy atom. The van der Waals surface area contributed by atoms with Crippen LogP contribution in [0.5, 0.6) is 0 Å². The third-order valence-corrected chi connectivity index (χ3v) is 7.91. The monoisotopic (exact) mass is 475 g/mol. The molecule has 0 aromatic heterocycles. The van der Waals surface area contributed by atoms with Crippen molar-refractivity contribution in [1.29, 1.82) is 0 Å². The number of esters is 1. The predicted molar refractivity (Wildman–Crippen MR) is 119 cm³/mol. The summed E-state index contributed by atoms with van der Waals surface area (Å²) >= 11 is 0. The first kappa shape index (κ1) is 23.5. The summed E-state index contributed by atoms with van der Waals surface area (Å²) in [6.45, 7) is 6.35. The second-order valence-corrected chi connectivity index (χ2v) is 9.55. The average molecular weight is 476 g/mol. The molecule has 0 aliphatic carbocycles. The van der Waals surface area contributed by atoms with Gasteiger partial charge in [-0.3, -0.25) is 19.3 Å². The van der Waals surface area contributed by atoms with Gasteiger partial charge in [0.15, 0.2) is 0 Å². The molecule has 2 amide bonds. The van der Waals surface area contributed by atoms with Crippen molar-refractivity contribution >= 4 is 17.8 Å². The van der Waals surface area contributed by atoms with Crippen LogP contribution in [-0.4, -0.2) is 121 Å². The summed E-state index contributed by atoms with van der Waals surface area (Å²) in [5.74, 6) is -2.80. The van der Waals surface area contributed by atoms with Crippen LogP contribution in [0.3, 0.4) is 0 Å². The fraction of sp³-hybridized carbons (Fsp3) is 0.708. The zero-order valence-corrected chi connectivity index (χ0v) is 19.6. The van der Waals surface area contributed by atoms with E-state index in [-0.39, 0.29) is 31.6 Å². The molecule has 0 saturated carbocycles. The number of rotatable bonds is 6. The minimum Gasteiger partial charge on any atom is -0.461 e. The summed E-state index contributed by atoms with van der Waals surface area (Å²) in [4.78, 5) is 46.2. The molecule has 10 heteroatoms. The summed E-state index contributed by atoms with van der Waals surface area (Å²) in [7, 11) is 0. The number of fused-ring (bicyclic) bond motifs is 2. The lowest BCUT2D eigenvalue weighted by molar-refractivity contribution is -0.159. The molecule has 5 atom stereocenters. The van der Waals surface area contributed by atoms with E-state index in [0.29, 0.717) is 39.3 Å². The van der Waals surface area contributed by atoms with Crippen LogP contribution < -0.4 is 0 Å². The van der Waals surface area contributed by atoms with Crippen molar-refractivity contribution in [2.24, 2.45) is 11.8 Å². The zero-order valence-electron chi connectivity index (χ0n) is 19.6. The molecule has 3 saturated heterocycles. The number of aliphatic hydroxyl groups is 1. The summed E-state index contributed by atoms with van der Waals surface area (Å²) in [5, 5.41) is 9.72. The number of hydrogen-bond acceptors (Lipinski definition) is 8. The second kappa shape index (κ2) is 9.07. The average Bonchev–Trinajstić information content (AvgIpc) is 3.11. The van der Waals surface area contributed by atoms with Gasteiger partial charge in [0.05, 0.1) is 25.7 Å². The van der Waals surface area contributed by atoms with Crippen molar-refractivity contribution in [2.45, 2.75) is 30.6 Å². The highest BCUT2D eigenvalue weighted by molar-refractivity contribution is 5.99. The molecular formula is C24H33N3O7. The number of aliphatic hydroxyl groups excluding tert-OH is 1. The van der Waals surface area contributed by atoms with Gasteiger partial charge in [-0.15, -0.1) is 0 Å². The quantitative estimate of drug-likeness (QED) is 0.392. The number of carbonyl (C=O) groups is 3. The number of ether oxygens (including phenoxy) is 3. The second-order valence-electron chi connectivity index (χ2n) is 9.55. The molecule has 1 N–H and O–H groups in total. The van der Waals surface area contributed by atoms with E-state index < -0.39 is 35.0 Å². The van der Waals surface area contributed by atoms with Gasteiger partial charge in [0.1, 0.15) is 29.8 Å². The first-order chi connectivity index (χ1) is 16.5. The molecule has 3 fully saturated rings. The summed E-state index contributed by atoms with van der Waals surface area (Å²) < 4.78 is 17.5. The van der Waals surface area contributed by atoms with E-state index in [0.717, 1.165) is 13.1 Å². The van der Waals surface area contributed by atoms with Gasteiger partial charge in [0, 0.05) is 39.3 Å². The predicted octanol–water partition coefficient (Wildman–Crippen LogP) is -0.817. The van der Waals surface area contributed by atoms with Gasteiger partial charge >= 0.3 is 5.97 Å². The smallest absolute Gasteiger partial charge is 0.313 e. The molecule has 1 spiro atoms. The molecule has 0 aromatic rings. The lowest BCUT2D eigenvalue weighted by Gasteiger charge is -2.38. The third-order valence-electron chi connectivity index (χ3n) is 7.91. The number of likely N-dealkylation sites (tertiary alicyclic amines) is 1. The maximum absolute atomic E-state index is 14.0. The van der Waals surface area contributed by atoms with Crippen LogP contribution in [0.1, 0.15) is 13.3 Å². The fourth-order valence-corrected chi connectivity index (χ4v) is 6.28. The van der Waals surface area contributed by atoms with Gasteiger partial charge in [-0.2, -0.15) is 0 Å². The van der Waals surface area contributed by atoms with Gasteiger partial charge in [0.2, 0.25) is 11.8 Å². The molecule has 5 aliphatic rings. The van der Waals surface area contributed by atoms with Gasteiger partial charge < -0.3 is 29.1 Å². The Balaban J connectivity index is 1.50. The number of morpholine rings is 1. The minimum atomic E-state index is -1.29. The van der Waals surface area contributed by atoms with Crippen LogP contribution >= 0.6 is 0 Å². The molecule has 1 unspecified atom stereocenters. The number of cyclic esters (lactones) is 1. The van der Waals surface area contributed by atoms with Crippen molar-refractivity contribution in [2.75, 3.05) is 65.7 Å². The molecule has 10 nitrogen and oxygen atoms in total. The van der Waals surface area contributed by atoms with Crippen LogP contribution in [-0.2, 0) is 28.6 Å². The van der Waals surface area contributed by atoms with E-state index in [4.69, 9.17) is 14.2 Å². The van der Waals surface area contributed by atoms with E-state index in [1.165, 1.54) is 4.90 Å². The van der Waals surface area contributed by atoms with Crippen molar-refractivity contribution < 1.29 is 33.7 Å². The first-order valence-corrected chi connectivity index (χ1v) is 12.2. The van der Waals surface area contributed by atoms with Gasteiger partial charge in [-0.05, 0) is 12.5 Å². The molecule has 34 heavy (non-hydrogen) atoms. The normalized spacial score (nSPS) is 37.8. The molecule has 5 aliphatic heterocycles. The van der Waals surface area contributed by atoms with Crippen LogP contribution in [0.15, 0.2) is 24.3 Å². The standard InChI is InChI=1S/C24H33N3O7/c1-2-23-5-4-14-33-22(31)18(23)17-20(29)27(10-13-28)19-21(30)26(7-3-6-24(17,19)34-23)9-8-25-11-15-32-16-12-25/h3-6,17-19,28H,2,7-16H2,1H3/t17-,18-,19?,23+,24-/m0/s1. The van der Waals surface area contributed by atoms with Crippen LogP contribution in [0.4, 0.5) is 0 Å². The van der Waals surface area contributed by atoms with Gasteiger partial charge in [0.25, 0.3) is 0 Å². The van der Waals surface area contributed by atoms with Crippen molar-refractivity contribution in [3.63, 3.8) is 0 Å². The van der Waals surface area contributed by atoms with Crippen molar-refractivity contribution in [1.82, 2.24) is 14.7 Å². The van der Waals surface area contributed by atoms with Crippen LogP contribution in [0, 0.1) is 11.8 Å². The highest BCUT2D eigenvalue weighted by Gasteiger charge is 2.75. The Hall–Kier alpha value is -2.27. The zero-order chi connectivity index (χ0) is 23.9. The first-order valence-electron chi connectivity index (χ1n) is 12.2. The molecule has 0 bridgehead atoms. The number of carbonyl (C=O) groups excluding carboxylic acids is 3. The van der Waals surface area contributed by atoms with Gasteiger partial charge in [-0.1, -0.05) is 25.2 Å². The fourth-order valence-electron chi connectivity index (χ4n) is 6.28. The number of nitrogens with zero attached hydrogens (tertiary/aromatic N) is 3. The van der Waals surface area contributed by atoms with E-state index in [2.05, 4.69) is 4.90 Å². The maximum atomic E-state index is 14.0. The SMILES string of the molecule is CC[C@@]12C=CCOC(=O)[C@@H]1[C@H]1C(=O)N(CCO)C3C(=O)N(CCN4CCOCC4)CC=C[C@@]31O2. The number of amides is 2. The maximum Gasteiger partial charge on any atom is 0.313 e. The molecule has 0 aromatic carbocycles. The topological polar surface area (TPSA) is 109 Å². The Labute approximate surface area is 199 Å². The molecule has 0 radical (unpaired) electrons. The molecule has 5 rings (SSSR count). The van der Waals surface area contributed by atoms with E-state index >= 15 is 0 Å². The van der Waals surface area contributed by atoms with E-state index in [1.54, 1.807) is 11.0 Å². The van der Waals surface area contributed by atoms with Crippen molar-refractivity contribution in [3.05, 3.63) is 24.3 Å². The van der Waals surface area contributed by atoms with Gasteiger partial charge in [-0.25, -0.2) is 0 Å². The Bertz CT molecular complexity index is 901. The molecule has 5 heterocycles. The Morgan fingerprint density at radius 3 is 2.56 bits per heavy atom. The minimum absolute atomic E-state index is 0.00126. The summed E-state index contributed by atoms with van der Waals surface area (Å²) in [6.07, 6.45) is 7.74. The largest absolute Gasteiger partial charge is 0.461 e. The third kappa shape index (κ3) is 3.50. The lowest BCUT2D eigenvalue weighted by Crippen LogP contribution is -2.57. The Morgan fingerprint density at radius 2 is 1.82 bits per heavy atom. The van der Waals surface area contributed by atoms with E-state index in [9.17, 15) is 19.5 Å². The number of hydrogen-bond donors (Lipinski definition) is 1.